The summed E-state index contributed by atoms with van der Waals surface area (Å²) in [5, 5.41) is 19.0. The maximum absolute atomic E-state index is 12.3. The Morgan fingerprint density at radius 3 is 2.80 bits per heavy atom. The number of nitrogens with zero attached hydrogens (tertiary/aromatic N) is 1. The summed E-state index contributed by atoms with van der Waals surface area (Å²) in [7, 11) is 0. The van der Waals surface area contributed by atoms with Gasteiger partial charge in [0.15, 0.2) is 5.69 Å². The van der Waals surface area contributed by atoms with Gasteiger partial charge < -0.3 is 10.4 Å². The average Bonchev–Trinajstić information content (AvgIpc) is 3.04. The number of aryl methyl sites for hydroxylation is 1. The van der Waals surface area contributed by atoms with E-state index in [1.807, 2.05) is 0 Å². The molecule has 1 fully saturated rings. The fraction of sp³-hybridized carbons (Fsp3) is 0.643. The second-order valence-electron chi connectivity index (χ2n) is 5.76. The molecule has 108 valence electrons. The predicted octanol–water partition coefficient (Wildman–Crippen LogP) is 1.27. The van der Waals surface area contributed by atoms with Crippen LogP contribution in [0.3, 0.4) is 0 Å². The number of hydrogen-bond acceptors (Lipinski definition) is 3. The van der Waals surface area contributed by atoms with Gasteiger partial charge in [0, 0.05) is 17.3 Å². The van der Waals surface area contributed by atoms with Crippen molar-refractivity contribution in [3.05, 3.63) is 17.0 Å². The summed E-state index contributed by atoms with van der Waals surface area (Å²) >= 11 is 0. The van der Waals surface area contributed by atoms with E-state index >= 15 is 0 Å². The first-order valence-corrected chi connectivity index (χ1v) is 7.25. The first-order valence-electron chi connectivity index (χ1n) is 7.25. The number of rotatable bonds is 3. The molecule has 2 aliphatic rings. The Labute approximate surface area is 116 Å². The molecule has 1 heterocycles. The molecule has 0 aromatic carbocycles. The molecule has 1 amide bonds. The zero-order chi connectivity index (χ0) is 14.1. The van der Waals surface area contributed by atoms with Gasteiger partial charge in [-0.2, -0.15) is 5.10 Å². The summed E-state index contributed by atoms with van der Waals surface area (Å²) in [6.07, 6.45) is 5.98. The van der Waals surface area contributed by atoms with Crippen LogP contribution in [-0.2, 0) is 17.6 Å². The highest BCUT2D eigenvalue weighted by Gasteiger charge is 2.31. The summed E-state index contributed by atoms with van der Waals surface area (Å²) in [6.45, 7) is 0. The molecule has 6 heteroatoms. The van der Waals surface area contributed by atoms with Crippen molar-refractivity contribution < 1.29 is 14.7 Å². The summed E-state index contributed by atoms with van der Waals surface area (Å²) < 4.78 is 0. The summed E-state index contributed by atoms with van der Waals surface area (Å²) in [5.41, 5.74) is 2.62. The van der Waals surface area contributed by atoms with Crippen LogP contribution in [0.1, 0.15) is 53.8 Å². The number of carbonyl (C=O) groups is 2. The van der Waals surface area contributed by atoms with Crippen molar-refractivity contribution in [1.82, 2.24) is 15.5 Å². The van der Waals surface area contributed by atoms with Gasteiger partial charge in [-0.25, -0.2) is 0 Å². The number of fused-ring (bicyclic) bond motifs is 1. The van der Waals surface area contributed by atoms with Crippen molar-refractivity contribution in [2.24, 2.45) is 5.92 Å². The topological polar surface area (TPSA) is 95.1 Å². The largest absolute Gasteiger partial charge is 0.481 e. The van der Waals surface area contributed by atoms with E-state index in [0.717, 1.165) is 43.4 Å². The van der Waals surface area contributed by atoms with E-state index in [2.05, 4.69) is 15.5 Å². The van der Waals surface area contributed by atoms with Crippen LogP contribution in [0, 0.1) is 5.92 Å². The van der Waals surface area contributed by atoms with Crippen LogP contribution in [0.4, 0.5) is 0 Å². The molecule has 1 aromatic rings. The van der Waals surface area contributed by atoms with Gasteiger partial charge in [0.25, 0.3) is 5.91 Å². The van der Waals surface area contributed by atoms with Crippen LogP contribution in [-0.4, -0.2) is 33.2 Å². The number of carboxylic acid groups (broad SMARTS) is 1. The zero-order valence-corrected chi connectivity index (χ0v) is 11.3. The minimum absolute atomic E-state index is 0.0421. The third-order valence-corrected chi connectivity index (χ3v) is 4.39. The lowest BCUT2D eigenvalue weighted by Gasteiger charge is -2.14. The van der Waals surface area contributed by atoms with Gasteiger partial charge in [-0.15, -0.1) is 0 Å². The molecule has 0 radical (unpaired) electrons. The Bertz CT molecular complexity index is 538. The van der Waals surface area contributed by atoms with E-state index < -0.39 is 5.97 Å². The molecule has 20 heavy (non-hydrogen) atoms. The molecule has 3 rings (SSSR count). The Hall–Kier alpha value is -1.85. The first-order chi connectivity index (χ1) is 9.65. The number of aromatic amines is 1. The third kappa shape index (κ3) is 2.42. The van der Waals surface area contributed by atoms with Crippen LogP contribution in [0.25, 0.3) is 0 Å². The maximum atomic E-state index is 12.3. The first kappa shape index (κ1) is 13.1. The van der Waals surface area contributed by atoms with Crippen molar-refractivity contribution in [3.63, 3.8) is 0 Å². The van der Waals surface area contributed by atoms with Gasteiger partial charge in [0.1, 0.15) is 0 Å². The Morgan fingerprint density at radius 2 is 2.05 bits per heavy atom. The predicted molar refractivity (Wildman–Crippen MR) is 71.5 cm³/mol. The zero-order valence-electron chi connectivity index (χ0n) is 11.3. The van der Waals surface area contributed by atoms with Crippen LogP contribution in [0.15, 0.2) is 0 Å². The minimum Gasteiger partial charge on any atom is -0.481 e. The smallest absolute Gasteiger partial charge is 0.306 e. The molecule has 0 aliphatic heterocycles. The Kier molecular flexibility index (Phi) is 3.46. The number of H-pyrrole nitrogens is 1. The molecule has 2 atom stereocenters. The third-order valence-electron chi connectivity index (χ3n) is 4.39. The number of carbonyl (C=O) groups excluding carboxylic acids is 1. The number of amides is 1. The number of aliphatic carboxylic acids is 1. The van der Waals surface area contributed by atoms with Gasteiger partial charge in [0.05, 0.1) is 5.92 Å². The van der Waals surface area contributed by atoms with Gasteiger partial charge in [-0.3, -0.25) is 14.7 Å². The monoisotopic (exact) mass is 277 g/mol. The highest BCUT2D eigenvalue weighted by Crippen LogP contribution is 2.27. The summed E-state index contributed by atoms with van der Waals surface area (Å²) in [4.78, 5) is 23.2. The van der Waals surface area contributed by atoms with Gasteiger partial charge in [-0.1, -0.05) is 0 Å². The molecule has 0 spiro atoms. The van der Waals surface area contributed by atoms with E-state index in [4.69, 9.17) is 5.11 Å². The molecule has 1 saturated carbocycles. The molecule has 0 saturated heterocycles. The van der Waals surface area contributed by atoms with Crippen LogP contribution in [0.5, 0.6) is 0 Å². The van der Waals surface area contributed by atoms with Crippen molar-refractivity contribution in [2.45, 2.75) is 51.0 Å². The summed E-state index contributed by atoms with van der Waals surface area (Å²) in [6, 6.07) is -0.0421. The fourth-order valence-electron chi connectivity index (χ4n) is 3.26. The second kappa shape index (κ2) is 5.26. The summed E-state index contributed by atoms with van der Waals surface area (Å²) in [5.74, 6) is -1.26. The standard InChI is InChI=1S/C14H19N3O3/c18-13(15-9-6-5-8(7-9)14(19)20)12-10-3-1-2-4-11(10)16-17-12/h8-9H,1-7H2,(H,15,18)(H,16,17)(H,19,20). The van der Waals surface area contributed by atoms with Gasteiger partial charge in [0.2, 0.25) is 0 Å². The molecule has 6 nitrogen and oxygen atoms in total. The number of hydrogen-bond donors (Lipinski definition) is 3. The molecule has 3 N–H and O–H groups in total. The quantitative estimate of drug-likeness (QED) is 0.775. The average molecular weight is 277 g/mol. The lowest BCUT2D eigenvalue weighted by atomic mass is 9.95. The number of aromatic nitrogens is 2. The van der Waals surface area contributed by atoms with Crippen LogP contribution < -0.4 is 5.32 Å². The van der Waals surface area contributed by atoms with Crippen molar-refractivity contribution in [2.75, 3.05) is 0 Å². The molecule has 2 unspecified atom stereocenters. The highest BCUT2D eigenvalue weighted by molar-refractivity contribution is 5.94. The normalized spacial score (nSPS) is 25.2. The number of carboxylic acids is 1. The van der Waals surface area contributed by atoms with E-state index in [-0.39, 0.29) is 17.9 Å². The molecular formula is C14H19N3O3. The van der Waals surface area contributed by atoms with E-state index in [0.29, 0.717) is 18.5 Å². The molecule has 2 aliphatic carbocycles. The van der Waals surface area contributed by atoms with Crippen molar-refractivity contribution in [1.29, 1.82) is 0 Å². The van der Waals surface area contributed by atoms with E-state index in [9.17, 15) is 9.59 Å². The molecule has 1 aromatic heterocycles. The second-order valence-corrected chi connectivity index (χ2v) is 5.76. The molecular weight excluding hydrogens is 258 g/mol. The van der Waals surface area contributed by atoms with Crippen LogP contribution in [0.2, 0.25) is 0 Å². The lowest BCUT2D eigenvalue weighted by Crippen LogP contribution is -2.34. The van der Waals surface area contributed by atoms with Gasteiger partial charge >= 0.3 is 5.97 Å². The van der Waals surface area contributed by atoms with Gasteiger partial charge in [-0.05, 0) is 44.9 Å². The maximum Gasteiger partial charge on any atom is 0.306 e. The van der Waals surface area contributed by atoms with Crippen molar-refractivity contribution >= 4 is 11.9 Å². The highest BCUT2D eigenvalue weighted by atomic mass is 16.4. The van der Waals surface area contributed by atoms with Crippen molar-refractivity contribution in [3.8, 4) is 0 Å². The fourth-order valence-corrected chi connectivity index (χ4v) is 3.26. The molecule has 0 bridgehead atoms. The Balaban J connectivity index is 1.65. The van der Waals surface area contributed by atoms with Crippen LogP contribution >= 0.6 is 0 Å². The Morgan fingerprint density at radius 1 is 1.25 bits per heavy atom. The van der Waals surface area contributed by atoms with E-state index in [1.54, 1.807) is 0 Å². The van der Waals surface area contributed by atoms with E-state index in [1.165, 1.54) is 0 Å². The minimum atomic E-state index is -0.765. The number of nitrogens with one attached hydrogen (secondary N) is 2. The lowest BCUT2D eigenvalue weighted by molar-refractivity contribution is -0.141. The SMILES string of the molecule is O=C(NC1CCC(C(=O)O)C1)c1n[nH]c2c1CCCC2.